The smallest absolute Gasteiger partial charge is 0.282 e. The van der Waals surface area contributed by atoms with Gasteiger partial charge in [0.2, 0.25) is 12.1 Å². The highest BCUT2D eigenvalue weighted by molar-refractivity contribution is 7.94. The van der Waals surface area contributed by atoms with E-state index in [-0.39, 0.29) is 51.9 Å². The summed E-state index contributed by atoms with van der Waals surface area (Å²) in [6, 6.07) is 15.1. The molecule has 0 saturated carbocycles. The van der Waals surface area contributed by atoms with E-state index in [2.05, 4.69) is 29.8 Å². The Kier molecular flexibility index (Phi) is 13.8. The van der Waals surface area contributed by atoms with Crippen molar-refractivity contribution in [3.05, 3.63) is 96.1 Å². The average Bonchev–Trinajstić information content (AvgIpc) is 3.24. The third-order valence-electron chi connectivity index (χ3n) is 9.46. The molecule has 2 N–H and O–H groups in total. The SMILES string of the molecule is CCCN1C(=O)C(N=Nc2ccc(-c3ccc(N=NC4C(=O)N(CCC)C(=O)N(c5ccc(C)cc5)C4=O)cc3S(=O)(=O)O)c(SOOO)c2)C(=O)N(c2ccc(C)cc2)C1=O. The van der Waals surface area contributed by atoms with Gasteiger partial charge in [-0.3, -0.25) is 33.5 Å². The number of carbonyl (C=O) groups excluding carboxylic acids is 6. The first-order chi connectivity index (χ1) is 29.6. The quantitative estimate of drug-likeness (QED) is 0.0296. The molecule has 62 heavy (non-hydrogen) atoms. The van der Waals surface area contributed by atoms with Crippen LogP contribution in [0.2, 0.25) is 0 Å². The Hall–Kier alpha value is -6.56. The second-order valence-corrected chi connectivity index (χ2v) is 16.0. The predicted octanol–water partition coefficient (Wildman–Crippen LogP) is 7.36. The van der Waals surface area contributed by atoms with Crippen LogP contribution in [0.15, 0.2) is 115 Å². The highest BCUT2D eigenvalue weighted by Gasteiger charge is 2.48. The molecule has 2 saturated heterocycles. The van der Waals surface area contributed by atoms with E-state index in [9.17, 15) is 41.7 Å². The molecule has 4 aromatic rings. The van der Waals surface area contributed by atoms with Gasteiger partial charge in [-0.1, -0.05) is 66.4 Å². The molecule has 2 fully saturated rings. The fraction of sp³-hybridized carbons (Fsp3) is 0.250. The molecule has 2 atom stereocenters. The molecular weight excluding hydrogens is 849 g/mol. The third-order valence-corrected chi connectivity index (χ3v) is 11.0. The lowest BCUT2D eigenvalue weighted by atomic mass is 10.0. The first-order valence-electron chi connectivity index (χ1n) is 18.8. The van der Waals surface area contributed by atoms with Gasteiger partial charge in [0.15, 0.2) is 0 Å². The van der Waals surface area contributed by atoms with Crippen molar-refractivity contribution in [3.63, 3.8) is 0 Å². The number of imide groups is 4. The number of urea groups is 2. The van der Waals surface area contributed by atoms with Gasteiger partial charge in [0.25, 0.3) is 33.7 Å². The van der Waals surface area contributed by atoms with Gasteiger partial charge in [-0.15, -0.1) is 4.33 Å². The molecule has 0 aromatic heterocycles. The Morgan fingerprint density at radius 2 is 1.06 bits per heavy atom. The van der Waals surface area contributed by atoms with Gasteiger partial charge in [-0.2, -0.15) is 28.9 Å². The topological polar surface area (TPSA) is 258 Å². The highest BCUT2D eigenvalue weighted by Crippen LogP contribution is 2.40. The van der Waals surface area contributed by atoms with Gasteiger partial charge >= 0.3 is 12.1 Å². The van der Waals surface area contributed by atoms with Crippen molar-refractivity contribution >= 4 is 80.6 Å². The van der Waals surface area contributed by atoms with Crippen molar-refractivity contribution in [2.45, 2.75) is 62.4 Å². The number of hydrogen-bond donors (Lipinski definition) is 2. The summed E-state index contributed by atoms with van der Waals surface area (Å²) in [6.07, 6.45) is 0.776. The summed E-state index contributed by atoms with van der Waals surface area (Å²) in [7, 11) is -5.05. The van der Waals surface area contributed by atoms with Crippen LogP contribution in [0.1, 0.15) is 37.8 Å². The Labute approximate surface area is 358 Å². The van der Waals surface area contributed by atoms with E-state index in [1.165, 1.54) is 30.3 Å². The van der Waals surface area contributed by atoms with Crippen LogP contribution in [-0.4, -0.2) is 88.9 Å². The monoisotopic (exact) mass is 886 g/mol. The molecule has 0 aliphatic carbocycles. The number of hydrogen-bond acceptors (Lipinski definition) is 16. The summed E-state index contributed by atoms with van der Waals surface area (Å²) in [6.45, 7) is 7.12. The second kappa shape index (κ2) is 19.0. The Morgan fingerprint density at radius 1 is 0.629 bits per heavy atom. The fourth-order valence-corrected chi connectivity index (χ4v) is 7.73. The highest BCUT2D eigenvalue weighted by atomic mass is 32.2. The Bertz CT molecular complexity index is 2610. The normalized spacial score (nSPS) is 17.7. The van der Waals surface area contributed by atoms with E-state index in [1.807, 2.05) is 13.8 Å². The summed E-state index contributed by atoms with van der Waals surface area (Å²) in [5.74, 6) is -3.74. The van der Waals surface area contributed by atoms with Crippen LogP contribution in [0.3, 0.4) is 0 Å². The third kappa shape index (κ3) is 9.34. The number of rotatable bonds is 15. The van der Waals surface area contributed by atoms with Gasteiger partial charge in [0, 0.05) is 23.5 Å². The first-order valence-corrected chi connectivity index (χ1v) is 21.0. The number of benzene rings is 4. The van der Waals surface area contributed by atoms with E-state index >= 15 is 0 Å². The van der Waals surface area contributed by atoms with Crippen molar-refractivity contribution in [2.24, 2.45) is 20.5 Å². The molecule has 4 aromatic carbocycles. The zero-order chi connectivity index (χ0) is 44.9. The number of carbonyl (C=O) groups is 6. The first kappa shape index (κ1) is 45.0. The lowest BCUT2D eigenvalue weighted by Gasteiger charge is -2.35. The minimum absolute atomic E-state index is 0.00450. The summed E-state index contributed by atoms with van der Waals surface area (Å²) in [5.41, 5.74) is 1.84. The van der Waals surface area contributed by atoms with Crippen LogP contribution in [0.25, 0.3) is 11.1 Å². The van der Waals surface area contributed by atoms with Crippen LogP contribution >= 0.6 is 12.0 Å². The molecule has 322 valence electrons. The molecule has 22 heteroatoms. The van der Waals surface area contributed by atoms with Crippen LogP contribution < -0.4 is 9.80 Å². The standard InChI is InChI=1S/C40H38N8O12S2/c1-5-19-45-35(49)33(37(51)47(39(45)53)27-13-7-23(3)8-14-27)43-41-25-11-17-29(31(21-25)61-60-59-55)30-18-12-26(22-32(30)62(56,57)58)42-44-34-36(50)46(20-6-2)40(54)48(38(34)52)28-15-9-24(4)10-16-28/h7-18,21-22,33-34,55H,5-6,19-20H2,1-4H3,(H,56,57,58). The molecule has 0 radical (unpaired) electrons. The molecule has 0 bridgehead atoms. The molecule has 6 rings (SSSR count). The Morgan fingerprint density at radius 3 is 1.48 bits per heavy atom. The maximum atomic E-state index is 13.6. The molecule has 2 heterocycles. The van der Waals surface area contributed by atoms with Crippen molar-refractivity contribution < 1.29 is 56.4 Å². The van der Waals surface area contributed by atoms with Crippen LogP contribution in [0.5, 0.6) is 0 Å². The van der Waals surface area contributed by atoms with Crippen LogP contribution in [0, 0.1) is 13.8 Å². The minimum atomic E-state index is -5.05. The van der Waals surface area contributed by atoms with Crippen LogP contribution in [-0.2, 0) is 38.7 Å². The van der Waals surface area contributed by atoms with E-state index in [0.29, 0.717) is 24.9 Å². The van der Waals surface area contributed by atoms with E-state index in [4.69, 9.17) is 5.26 Å². The molecule has 2 aliphatic rings. The van der Waals surface area contributed by atoms with Crippen molar-refractivity contribution in [2.75, 3.05) is 22.9 Å². The van der Waals surface area contributed by atoms with Crippen molar-refractivity contribution in [1.29, 1.82) is 0 Å². The van der Waals surface area contributed by atoms with E-state index in [0.717, 1.165) is 36.8 Å². The molecule has 2 aliphatic heterocycles. The van der Waals surface area contributed by atoms with Crippen LogP contribution in [0.4, 0.5) is 32.3 Å². The number of nitrogens with zero attached hydrogens (tertiary/aromatic N) is 8. The van der Waals surface area contributed by atoms with Gasteiger partial charge in [-0.05, 0) is 80.8 Å². The maximum absolute atomic E-state index is 13.6. The van der Waals surface area contributed by atoms with Gasteiger partial charge in [0.1, 0.15) is 4.90 Å². The van der Waals surface area contributed by atoms with E-state index < -0.39 is 62.8 Å². The molecule has 20 nitrogen and oxygen atoms in total. The lowest BCUT2D eigenvalue weighted by molar-refractivity contribution is -0.432. The van der Waals surface area contributed by atoms with E-state index in [1.54, 1.807) is 62.4 Å². The summed E-state index contributed by atoms with van der Waals surface area (Å²) in [5, 5.41) is 28.7. The van der Waals surface area contributed by atoms with Gasteiger partial charge in [0.05, 0.1) is 34.8 Å². The lowest BCUT2D eigenvalue weighted by Crippen LogP contribution is -2.62. The molecule has 0 spiro atoms. The second-order valence-electron chi connectivity index (χ2n) is 13.9. The molecule has 8 amide bonds. The Balaban J connectivity index is 1.33. The average molecular weight is 887 g/mol. The number of anilines is 2. The predicted molar refractivity (Wildman–Crippen MR) is 221 cm³/mol. The zero-order valence-corrected chi connectivity index (χ0v) is 35.1. The minimum Gasteiger partial charge on any atom is -0.282 e. The summed E-state index contributed by atoms with van der Waals surface area (Å²) < 4.78 is 40.7. The number of aryl methyl sites for hydroxylation is 2. The van der Waals surface area contributed by atoms with Gasteiger partial charge in [-0.25, -0.2) is 24.6 Å². The largest absolute Gasteiger partial charge is 0.338 e. The number of barbiturate groups is 2. The zero-order valence-electron chi connectivity index (χ0n) is 33.4. The summed E-state index contributed by atoms with van der Waals surface area (Å²) >= 11 is 0.382. The van der Waals surface area contributed by atoms with Crippen molar-refractivity contribution in [3.8, 4) is 11.1 Å². The van der Waals surface area contributed by atoms with Crippen molar-refractivity contribution in [1.82, 2.24) is 9.80 Å². The number of azo groups is 2. The molecular formula is C40H38N8O12S2. The maximum Gasteiger partial charge on any atom is 0.338 e. The number of amides is 8. The summed E-state index contributed by atoms with van der Waals surface area (Å²) in [4.78, 5) is 83.3. The van der Waals surface area contributed by atoms with Gasteiger partial charge < -0.3 is 0 Å². The fourth-order valence-electron chi connectivity index (χ4n) is 6.46. The molecule has 2 unspecified atom stereocenters.